The zero-order valence-corrected chi connectivity index (χ0v) is 12.0. The SMILES string of the molecule is CCC(C)Oc1cccc(NCCS(C)(=O)=O)c1. The average molecular weight is 271 g/mol. The van der Waals surface area contributed by atoms with Crippen LogP contribution < -0.4 is 10.1 Å². The van der Waals surface area contributed by atoms with Gasteiger partial charge < -0.3 is 10.1 Å². The predicted octanol–water partition coefficient (Wildman–Crippen LogP) is 2.32. The van der Waals surface area contributed by atoms with Gasteiger partial charge >= 0.3 is 0 Å². The predicted molar refractivity (Wildman–Crippen MR) is 75.0 cm³/mol. The van der Waals surface area contributed by atoms with Gasteiger partial charge in [0, 0.05) is 24.6 Å². The number of hydrogen-bond acceptors (Lipinski definition) is 4. The number of hydrogen-bond donors (Lipinski definition) is 1. The third kappa shape index (κ3) is 5.91. The van der Waals surface area contributed by atoms with Crippen molar-refractivity contribution >= 4 is 15.5 Å². The zero-order valence-electron chi connectivity index (χ0n) is 11.1. The Balaban J connectivity index is 2.54. The summed E-state index contributed by atoms with van der Waals surface area (Å²) in [4.78, 5) is 0. The van der Waals surface area contributed by atoms with Gasteiger partial charge in [-0.15, -0.1) is 0 Å². The second-order valence-electron chi connectivity index (χ2n) is 4.42. The lowest BCUT2D eigenvalue weighted by molar-refractivity contribution is 0.217. The van der Waals surface area contributed by atoms with Gasteiger partial charge in [0.2, 0.25) is 0 Å². The molecular weight excluding hydrogens is 250 g/mol. The van der Waals surface area contributed by atoms with Crippen LogP contribution in [-0.4, -0.2) is 33.1 Å². The average Bonchev–Trinajstić information content (AvgIpc) is 2.27. The maximum atomic E-state index is 11.0. The minimum Gasteiger partial charge on any atom is -0.491 e. The Morgan fingerprint density at radius 3 is 2.72 bits per heavy atom. The van der Waals surface area contributed by atoms with Crippen LogP contribution in [0.4, 0.5) is 5.69 Å². The topological polar surface area (TPSA) is 55.4 Å². The van der Waals surface area contributed by atoms with Crippen LogP contribution in [0.1, 0.15) is 20.3 Å². The molecule has 0 aliphatic heterocycles. The highest BCUT2D eigenvalue weighted by molar-refractivity contribution is 7.90. The summed E-state index contributed by atoms with van der Waals surface area (Å²) in [5, 5.41) is 3.07. The fourth-order valence-electron chi connectivity index (χ4n) is 1.38. The van der Waals surface area contributed by atoms with Gasteiger partial charge in [-0.05, 0) is 25.5 Å². The first-order valence-electron chi connectivity index (χ1n) is 6.09. The normalized spacial score (nSPS) is 13.1. The Hall–Kier alpha value is -1.23. The number of sulfone groups is 1. The highest BCUT2D eigenvalue weighted by Crippen LogP contribution is 2.19. The minimum absolute atomic E-state index is 0.128. The van der Waals surface area contributed by atoms with Gasteiger partial charge in [-0.25, -0.2) is 8.42 Å². The first-order valence-corrected chi connectivity index (χ1v) is 8.15. The van der Waals surface area contributed by atoms with Crippen LogP contribution >= 0.6 is 0 Å². The third-order valence-corrected chi connectivity index (χ3v) is 3.49. The summed E-state index contributed by atoms with van der Waals surface area (Å²) in [5.41, 5.74) is 0.874. The van der Waals surface area contributed by atoms with Crippen molar-refractivity contribution in [3.8, 4) is 5.75 Å². The summed E-state index contributed by atoms with van der Waals surface area (Å²) in [6.45, 7) is 4.49. The Morgan fingerprint density at radius 2 is 2.11 bits per heavy atom. The molecule has 0 amide bonds. The van der Waals surface area contributed by atoms with Crippen LogP contribution in [-0.2, 0) is 9.84 Å². The maximum absolute atomic E-state index is 11.0. The highest BCUT2D eigenvalue weighted by atomic mass is 32.2. The Labute approximate surface area is 109 Å². The maximum Gasteiger partial charge on any atom is 0.149 e. The molecule has 18 heavy (non-hydrogen) atoms. The molecule has 102 valence electrons. The van der Waals surface area contributed by atoms with Gasteiger partial charge in [0.25, 0.3) is 0 Å². The summed E-state index contributed by atoms with van der Waals surface area (Å²) >= 11 is 0. The van der Waals surface area contributed by atoms with Crippen LogP contribution in [0.5, 0.6) is 5.75 Å². The Kier molecular flexibility index (Phi) is 5.47. The summed E-state index contributed by atoms with van der Waals surface area (Å²) in [7, 11) is -2.92. The van der Waals surface area contributed by atoms with Crippen LogP contribution in [0.2, 0.25) is 0 Å². The van der Waals surface area contributed by atoms with Gasteiger partial charge in [0.1, 0.15) is 15.6 Å². The van der Waals surface area contributed by atoms with E-state index in [0.717, 1.165) is 17.9 Å². The lowest BCUT2D eigenvalue weighted by atomic mass is 10.3. The van der Waals surface area contributed by atoms with Crippen molar-refractivity contribution in [3.63, 3.8) is 0 Å². The van der Waals surface area contributed by atoms with E-state index in [4.69, 9.17) is 4.74 Å². The Bertz CT molecular complexity index is 471. The van der Waals surface area contributed by atoms with E-state index < -0.39 is 9.84 Å². The minimum atomic E-state index is -2.92. The number of anilines is 1. The van der Waals surface area contributed by atoms with E-state index >= 15 is 0 Å². The zero-order chi connectivity index (χ0) is 13.6. The van der Waals surface area contributed by atoms with Crippen LogP contribution in [0.25, 0.3) is 0 Å². The quantitative estimate of drug-likeness (QED) is 0.827. The van der Waals surface area contributed by atoms with Gasteiger partial charge in [-0.2, -0.15) is 0 Å². The first kappa shape index (κ1) is 14.8. The van der Waals surface area contributed by atoms with Gasteiger partial charge in [-0.3, -0.25) is 0 Å². The lowest BCUT2D eigenvalue weighted by Crippen LogP contribution is -2.14. The van der Waals surface area contributed by atoms with Crippen molar-refractivity contribution in [1.82, 2.24) is 0 Å². The van der Waals surface area contributed by atoms with Crippen LogP contribution in [0.3, 0.4) is 0 Å². The number of benzene rings is 1. The molecule has 1 aromatic carbocycles. The van der Waals surface area contributed by atoms with E-state index in [-0.39, 0.29) is 11.9 Å². The second kappa shape index (κ2) is 6.64. The first-order chi connectivity index (χ1) is 8.40. The number of ether oxygens (including phenoxy) is 1. The summed E-state index contributed by atoms with van der Waals surface area (Å²) < 4.78 is 27.7. The van der Waals surface area contributed by atoms with E-state index in [1.165, 1.54) is 6.26 Å². The molecule has 0 fully saturated rings. The molecule has 1 rings (SSSR count). The molecule has 0 bridgehead atoms. The largest absolute Gasteiger partial charge is 0.491 e. The molecule has 0 saturated heterocycles. The highest BCUT2D eigenvalue weighted by Gasteiger charge is 2.03. The van der Waals surface area contributed by atoms with E-state index in [1.807, 2.05) is 31.2 Å². The molecule has 1 atom stereocenters. The summed E-state index contributed by atoms with van der Waals surface area (Å²) in [5.74, 6) is 0.928. The Morgan fingerprint density at radius 1 is 1.39 bits per heavy atom. The lowest BCUT2D eigenvalue weighted by Gasteiger charge is -2.13. The van der Waals surface area contributed by atoms with Crippen molar-refractivity contribution in [1.29, 1.82) is 0 Å². The molecule has 0 aromatic heterocycles. The van der Waals surface area contributed by atoms with E-state index in [9.17, 15) is 8.42 Å². The molecule has 1 unspecified atom stereocenters. The van der Waals surface area contributed by atoms with E-state index in [1.54, 1.807) is 0 Å². The van der Waals surface area contributed by atoms with Gasteiger partial charge in [0.15, 0.2) is 0 Å². The smallest absolute Gasteiger partial charge is 0.149 e. The van der Waals surface area contributed by atoms with E-state index in [0.29, 0.717) is 6.54 Å². The van der Waals surface area contributed by atoms with Crippen molar-refractivity contribution in [2.75, 3.05) is 23.9 Å². The van der Waals surface area contributed by atoms with Gasteiger partial charge in [-0.1, -0.05) is 13.0 Å². The molecule has 0 aliphatic rings. The summed E-state index contributed by atoms with van der Waals surface area (Å²) in [6.07, 6.45) is 2.36. The number of rotatable bonds is 7. The standard InChI is InChI=1S/C13H21NO3S/c1-4-11(2)17-13-7-5-6-12(10-13)14-8-9-18(3,15)16/h5-7,10-11,14H,4,8-9H2,1-3H3. The third-order valence-electron chi connectivity index (χ3n) is 2.55. The molecule has 1 aromatic rings. The van der Waals surface area contributed by atoms with Crippen LogP contribution in [0.15, 0.2) is 24.3 Å². The monoisotopic (exact) mass is 271 g/mol. The molecule has 0 saturated carbocycles. The fraction of sp³-hybridized carbons (Fsp3) is 0.538. The summed E-state index contributed by atoms with van der Waals surface area (Å²) in [6, 6.07) is 7.56. The van der Waals surface area contributed by atoms with Crippen molar-refractivity contribution < 1.29 is 13.2 Å². The van der Waals surface area contributed by atoms with Crippen LogP contribution in [0, 0.1) is 0 Å². The molecular formula is C13H21NO3S. The molecule has 0 heterocycles. The fourth-order valence-corrected chi connectivity index (χ4v) is 1.85. The van der Waals surface area contributed by atoms with Crippen molar-refractivity contribution in [2.45, 2.75) is 26.4 Å². The van der Waals surface area contributed by atoms with Crippen molar-refractivity contribution in [3.05, 3.63) is 24.3 Å². The molecule has 0 spiro atoms. The van der Waals surface area contributed by atoms with E-state index in [2.05, 4.69) is 12.2 Å². The molecule has 4 nitrogen and oxygen atoms in total. The molecule has 1 N–H and O–H groups in total. The van der Waals surface area contributed by atoms with Crippen molar-refractivity contribution in [2.24, 2.45) is 0 Å². The molecule has 0 aliphatic carbocycles. The second-order valence-corrected chi connectivity index (χ2v) is 6.68. The molecule has 5 heteroatoms. The number of nitrogens with one attached hydrogen (secondary N) is 1. The molecule has 0 radical (unpaired) electrons. The van der Waals surface area contributed by atoms with Gasteiger partial charge in [0.05, 0.1) is 11.9 Å².